The average Bonchev–Trinajstić information content (AvgIpc) is 2.62. The van der Waals surface area contributed by atoms with Gasteiger partial charge in [-0.2, -0.15) is 0 Å². The van der Waals surface area contributed by atoms with Gasteiger partial charge in [-0.1, -0.05) is 29.8 Å². The second-order valence-electron chi connectivity index (χ2n) is 7.92. The summed E-state index contributed by atoms with van der Waals surface area (Å²) in [5.74, 6) is -0.222. The van der Waals surface area contributed by atoms with E-state index in [1.165, 1.54) is 11.1 Å². The van der Waals surface area contributed by atoms with Gasteiger partial charge >= 0.3 is 0 Å². The summed E-state index contributed by atoms with van der Waals surface area (Å²) in [6.07, 6.45) is 2.08. The van der Waals surface area contributed by atoms with E-state index in [1.807, 2.05) is 24.3 Å². The van der Waals surface area contributed by atoms with E-state index in [-0.39, 0.29) is 18.4 Å². The third kappa shape index (κ3) is 2.97. The normalized spacial score (nSPS) is 17.8. The molecule has 2 aliphatic rings. The molecule has 1 N–H and O–H groups in total. The van der Waals surface area contributed by atoms with E-state index in [0.29, 0.717) is 5.69 Å². The number of nitrogens with zero attached hydrogens (tertiary/aromatic N) is 2. The Labute approximate surface area is 160 Å². The number of nitrogens with one attached hydrogen (secondary N) is 1. The predicted molar refractivity (Wildman–Crippen MR) is 108 cm³/mol. The van der Waals surface area contributed by atoms with Crippen molar-refractivity contribution in [3.63, 3.8) is 0 Å². The molecule has 140 valence electrons. The number of anilines is 3. The maximum atomic E-state index is 13.4. The van der Waals surface area contributed by atoms with Crippen molar-refractivity contribution in [1.82, 2.24) is 0 Å². The van der Waals surface area contributed by atoms with Crippen molar-refractivity contribution >= 4 is 28.9 Å². The average molecular weight is 363 g/mol. The van der Waals surface area contributed by atoms with Gasteiger partial charge in [0.15, 0.2) is 0 Å². The Morgan fingerprint density at radius 3 is 2.74 bits per heavy atom. The number of hydrogen-bond donors (Lipinski definition) is 1. The standard InChI is InChI=1S/C22H25N3O2/c1-15-10-11-18-16(13-15)7-6-12-24(18)14-20(26)25-19-9-5-4-8-17(19)23-21(27)22(25,2)3/h4-5,8-11,13H,6-7,12,14H2,1-3H3,(H,23,27). The predicted octanol–water partition coefficient (Wildman–Crippen LogP) is 3.51. The van der Waals surface area contributed by atoms with Gasteiger partial charge in [0.25, 0.3) is 0 Å². The molecular formula is C22H25N3O2. The highest BCUT2D eigenvalue weighted by atomic mass is 16.2. The molecule has 5 nitrogen and oxygen atoms in total. The molecule has 0 aliphatic carbocycles. The third-order valence-electron chi connectivity index (χ3n) is 5.53. The summed E-state index contributed by atoms with van der Waals surface area (Å²) in [4.78, 5) is 29.8. The molecule has 0 radical (unpaired) electrons. The number of para-hydroxylation sites is 2. The Hall–Kier alpha value is -2.82. The van der Waals surface area contributed by atoms with Crippen molar-refractivity contribution in [2.45, 2.75) is 39.2 Å². The first-order valence-corrected chi connectivity index (χ1v) is 9.46. The molecule has 2 heterocycles. The van der Waals surface area contributed by atoms with Crippen LogP contribution in [0.4, 0.5) is 17.1 Å². The van der Waals surface area contributed by atoms with Crippen LogP contribution in [0.15, 0.2) is 42.5 Å². The van der Waals surface area contributed by atoms with Crippen LogP contribution in [0.25, 0.3) is 0 Å². The van der Waals surface area contributed by atoms with Crippen molar-refractivity contribution < 1.29 is 9.59 Å². The molecule has 4 rings (SSSR count). The van der Waals surface area contributed by atoms with Gasteiger partial charge < -0.3 is 10.2 Å². The third-order valence-corrected chi connectivity index (χ3v) is 5.53. The molecule has 2 amide bonds. The zero-order valence-electron chi connectivity index (χ0n) is 16.1. The van der Waals surface area contributed by atoms with Gasteiger partial charge in [-0.05, 0) is 57.4 Å². The van der Waals surface area contributed by atoms with Crippen LogP contribution < -0.4 is 15.1 Å². The van der Waals surface area contributed by atoms with Crippen molar-refractivity contribution in [2.75, 3.05) is 28.2 Å². The number of aryl methyl sites for hydroxylation is 2. The van der Waals surface area contributed by atoms with Gasteiger partial charge in [0, 0.05) is 12.2 Å². The number of rotatable bonds is 2. The van der Waals surface area contributed by atoms with Crippen molar-refractivity contribution in [1.29, 1.82) is 0 Å². The molecular weight excluding hydrogens is 338 g/mol. The van der Waals surface area contributed by atoms with Gasteiger partial charge in [-0.3, -0.25) is 14.5 Å². The topological polar surface area (TPSA) is 52.7 Å². The van der Waals surface area contributed by atoms with Crippen LogP contribution in [-0.4, -0.2) is 30.4 Å². The van der Waals surface area contributed by atoms with Gasteiger partial charge in [-0.25, -0.2) is 0 Å². The fourth-order valence-electron chi connectivity index (χ4n) is 4.10. The number of benzene rings is 2. The summed E-state index contributed by atoms with van der Waals surface area (Å²) >= 11 is 0. The first kappa shape index (κ1) is 17.6. The molecule has 0 saturated heterocycles. The summed E-state index contributed by atoms with van der Waals surface area (Å²) in [5.41, 5.74) is 4.18. The molecule has 2 aliphatic heterocycles. The van der Waals surface area contributed by atoms with Crippen molar-refractivity contribution in [3.8, 4) is 0 Å². The lowest BCUT2D eigenvalue weighted by Gasteiger charge is -2.43. The van der Waals surface area contributed by atoms with Gasteiger partial charge in [0.1, 0.15) is 5.54 Å². The van der Waals surface area contributed by atoms with E-state index < -0.39 is 5.54 Å². The Balaban J connectivity index is 1.67. The smallest absolute Gasteiger partial charge is 0.250 e. The molecule has 5 heteroatoms. The van der Waals surface area contributed by atoms with Crippen molar-refractivity contribution in [2.24, 2.45) is 0 Å². The van der Waals surface area contributed by atoms with Gasteiger partial charge in [0.05, 0.1) is 17.9 Å². The van der Waals surface area contributed by atoms with Gasteiger partial charge in [-0.15, -0.1) is 0 Å². The summed E-state index contributed by atoms with van der Waals surface area (Å²) < 4.78 is 0. The maximum Gasteiger partial charge on any atom is 0.250 e. The van der Waals surface area contributed by atoms with Crippen LogP contribution in [0.2, 0.25) is 0 Å². The number of fused-ring (bicyclic) bond motifs is 2. The second kappa shape index (κ2) is 6.41. The van der Waals surface area contributed by atoms with E-state index in [9.17, 15) is 9.59 Å². The van der Waals surface area contributed by atoms with Crippen LogP contribution in [0.3, 0.4) is 0 Å². The summed E-state index contributed by atoms with van der Waals surface area (Å²) in [6.45, 7) is 6.80. The Bertz CT molecular complexity index is 920. The number of hydrogen-bond acceptors (Lipinski definition) is 3. The highest BCUT2D eigenvalue weighted by Crippen LogP contribution is 2.37. The molecule has 0 unspecified atom stereocenters. The van der Waals surface area contributed by atoms with E-state index in [0.717, 1.165) is 30.8 Å². The largest absolute Gasteiger partial charge is 0.362 e. The van der Waals surface area contributed by atoms with Crippen LogP contribution in [0.1, 0.15) is 31.4 Å². The fraction of sp³-hybridized carbons (Fsp3) is 0.364. The fourth-order valence-corrected chi connectivity index (χ4v) is 4.10. The molecule has 0 atom stereocenters. The zero-order chi connectivity index (χ0) is 19.2. The van der Waals surface area contributed by atoms with Crippen LogP contribution >= 0.6 is 0 Å². The Kier molecular flexibility index (Phi) is 4.17. The molecule has 0 bridgehead atoms. The molecule has 2 aromatic rings. The van der Waals surface area contributed by atoms with E-state index in [1.54, 1.807) is 18.7 Å². The first-order chi connectivity index (χ1) is 12.9. The number of carbonyl (C=O) groups is 2. The second-order valence-corrected chi connectivity index (χ2v) is 7.92. The minimum Gasteiger partial charge on any atom is -0.362 e. The van der Waals surface area contributed by atoms with Crippen LogP contribution in [0, 0.1) is 6.92 Å². The lowest BCUT2D eigenvalue weighted by molar-refractivity contribution is -0.125. The highest BCUT2D eigenvalue weighted by molar-refractivity contribution is 6.14. The minimum absolute atomic E-state index is 0.0595. The van der Waals surface area contributed by atoms with Crippen molar-refractivity contribution in [3.05, 3.63) is 53.6 Å². The molecule has 0 saturated carbocycles. The van der Waals surface area contributed by atoms with E-state index in [2.05, 4.69) is 35.3 Å². The number of amides is 2. The monoisotopic (exact) mass is 363 g/mol. The molecule has 27 heavy (non-hydrogen) atoms. The molecule has 0 aromatic heterocycles. The lowest BCUT2D eigenvalue weighted by atomic mass is 9.95. The van der Waals surface area contributed by atoms with E-state index in [4.69, 9.17) is 0 Å². The number of carbonyl (C=O) groups excluding carboxylic acids is 2. The molecule has 0 spiro atoms. The maximum absolute atomic E-state index is 13.4. The summed E-state index contributed by atoms with van der Waals surface area (Å²) in [5, 5.41) is 2.91. The van der Waals surface area contributed by atoms with E-state index >= 15 is 0 Å². The quantitative estimate of drug-likeness (QED) is 0.888. The Morgan fingerprint density at radius 1 is 1.15 bits per heavy atom. The first-order valence-electron chi connectivity index (χ1n) is 9.46. The highest BCUT2D eigenvalue weighted by Gasteiger charge is 2.43. The minimum atomic E-state index is -0.933. The van der Waals surface area contributed by atoms with Crippen LogP contribution in [0.5, 0.6) is 0 Å². The summed E-state index contributed by atoms with van der Waals surface area (Å²) in [6, 6.07) is 13.9. The molecule has 0 fully saturated rings. The van der Waals surface area contributed by atoms with Crippen LogP contribution in [-0.2, 0) is 16.0 Å². The molecule has 2 aromatic carbocycles. The zero-order valence-corrected chi connectivity index (χ0v) is 16.1. The van der Waals surface area contributed by atoms with Gasteiger partial charge in [0.2, 0.25) is 11.8 Å². The SMILES string of the molecule is Cc1ccc2c(c1)CCCN2CC(=O)N1c2ccccc2NC(=O)C1(C)C. The summed E-state index contributed by atoms with van der Waals surface area (Å²) in [7, 11) is 0. The lowest BCUT2D eigenvalue weighted by Crippen LogP contribution is -2.60. The Morgan fingerprint density at radius 2 is 1.93 bits per heavy atom.